The van der Waals surface area contributed by atoms with Crippen LogP contribution in [0.4, 0.5) is 0 Å². The van der Waals surface area contributed by atoms with Gasteiger partial charge in [0.2, 0.25) is 0 Å². The molecule has 13 heavy (non-hydrogen) atoms. The van der Waals surface area contributed by atoms with Crippen molar-refractivity contribution >= 4 is 53.8 Å². The number of allylic oxidation sites excluding steroid dienone is 1. The van der Waals surface area contributed by atoms with Gasteiger partial charge in [-0.3, -0.25) is 4.79 Å². The maximum atomic E-state index is 10.8. The van der Waals surface area contributed by atoms with Gasteiger partial charge in [0, 0.05) is 6.92 Å². The van der Waals surface area contributed by atoms with Gasteiger partial charge in [0.25, 0.3) is 0 Å². The molecule has 0 bridgehead atoms. The van der Waals surface area contributed by atoms with E-state index >= 15 is 0 Å². The second-order valence-corrected chi connectivity index (χ2v) is 9.76. The number of hydrogen-bond acceptors (Lipinski definition) is 2. The smallest absolute Gasteiger partial charge is 0.303 e. The monoisotopic (exact) mass is 376 g/mol. The zero-order valence-electron chi connectivity index (χ0n) is 7.61. The average Bonchev–Trinajstić information content (AvgIpc) is 1.81. The Kier molecular flexibility index (Phi) is 5.79. The topological polar surface area (TPSA) is 26.3 Å². The van der Waals surface area contributed by atoms with E-state index in [2.05, 4.69) is 47.8 Å². The molecule has 0 fully saturated rings. The van der Waals surface area contributed by atoms with E-state index in [1.807, 2.05) is 19.9 Å². The molecule has 0 spiro atoms. The summed E-state index contributed by atoms with van der Waals surface area (Å²) in [5.74, 6) is -0.315. The van der Waals surface area contributed by atoms with Crippen LogP contribution < -0.4 is 0 Å². The van der Waals surface area contributed by atoms with Gasteiger partial charge >= 0.3 is 5.97 Å². The summed E-state index contributed by atoms with van der Waals surface area (Å²) in [6.45, 7) is 5.26. The first-order valence-corrected chi connectivity index (χ1v) is 6.00. The Hall–Kier alpha value is 0.650. The SMILES string of the molecule is CC(=O)OC(C=C(C)C)C(Br)(Br)Br. The van der Waals surface area contributed by atoms with Crippen LogP contribution in [0.5, 0.6) is 0 Å². The van der Waals surface area contributed by atoms with Crippen LogP contribution in [-0.2, 0) is 9.53 Å². The highest BCUT2D eigenvalue weighted by Gasteiger charge is 2.31. The Morgan fingerprint density at radius 2 is 1.77 bits per heavy atom. The molecule has 0 aliphatic rings. The number of rotatable bonds is 2. The molecule has 76 valence electrons. The van der Waals surface area contributed by atoms with Gasteiger partial charge in [-0.05, 0) is 19.9 Å². The van der Waals surface area contributed by atoms with Crippen LogP contribution in [-0.4, -0.2) is 14.2 Å². The molecule has 0 aromatic heterocycles. The van der Waals surface area contributed by atoms with Crippen molar-refractivity contribution in [1.82, 2.24) is 0 Å². The van der Waals surface area contributed by atoms with Crippen LogP contribution in [0.15, 0.2) is 11.6 Å². The van der Waals surface area contributed by atoms with Crippen molar-refractivity contribution in [3.8, 4) is 0 Å². The van der Waals surface area contributed by atoms with Gasteiger partial charge in [-0.15, -0.1) is 0 Å². The lowest BCUT2D eigenvalue weighted by Gasteiger charge is -2.22. The molecule has 0 amide bonds. The number of esters is 1. The first-order valence-electron chi connectivity index (χ1n) is 3.62. The normalized spacial score (nSPS) is 13.4. The third-order valence-corrected chi connectivity index (χ3v) is 2.45. The quantitative estimate of drug-likeness (QED) is 0.416. The molecule has 0 saturated heterocycles. The van der Waals surface area contributed by atoms with Crippen molar-refractivity contribution in [2.75, 3.05) is 0 Å². The maximum Gasteiger partial charge on any atom is 0.303 e. The van der Waals surface area contributed by atoms with Crippen LogP contribution in [0, 0.1) is 0 Å². The molecular formula is C8H11Br3O2. The summed E-state index contributed by atoms with van der Waals surface area (Å²) >= 11 is 9.94. The molecule has 2 nitrogen and oxygen atoms in total. The molecule has 0 heterocycles. The Morgan fingerprint density at radius 3 is 2.00 bits per heavy atom. The Labute approximate surface area is 103 Å². The van der Waals surface area contributed by atoms with E-state index in [1.165, 1.54) is 6.92 Å². The van der Waals surface area contributed by atoms with Gasteiger partial charge < -0.3 is 4.74 Å². The van der Waals surface area contributed by atoms with E-state index in [0.717, 1.165) is 5.57 Å². The fourth-order valence-electron chi connectivity index (χ4n) is 0.677. The summed E-state index contributed by atoms with van der Waals surface area (Å²) in [6.07, 6.45) is 1.47. The summed E-state index contributed by atoms with van der Waals surface area (Å²) in [5.41, 5.74) is 1.08. The van der Waals surface area contributed by atoms with E-state index in [9.17, 15) is 4.79 Å². The first kappa shape index (κ1) is 13.7. The van der Waals surface area contributed by atoms with Gasteiger partial charge in [0.05, 0.1) is 0 Å². The van der Waals surface area contributed by atoms with Crippen molar-refractivity contribution in [3.05, 3.63) is 11.6 Å². The number of halogens is 3. The van der Waals surface area contributed by atoms with Crippen molar-refractivity contribution < 1.29 is 9.53 Å². The molecule has 5 heteroatoms. The fraction of sp³-hybridized carbons (Fsp3) is 0.625. The second kappa shape index (κ2) is 5.51. The zero-order chi connectivity index (χ0) is 10.6. The number of ether oxygens (including phenoxy) is 1. The number of alkyl halides is 3. The maximum absolute atomic E-state index is 10.8. The van der Waals surface area contributed by atoms with Gasteiger partial charge in [0.1, 0.15) is 0 Å². The second-order valence-electron chi connectivity index (χ2n) is 2.82. The number of carbonyl (C=O) groups excluding carboxylic acids is 1. The predicted octanol–water partition coefficient (Wildman–Crippen LogP) is 3.72. The molecule has 0 aromatic carbocycles. The van der Waals surface area contributed by atoms with E-state index in [1.54, 1.807) is 0 Å². The average molecular weight is 379 g/mol. The minimum Gasteiger partial charge on any atom is -0.455 e. The summed E-state index contributed by atoms with van der Waals surface area (Å²) < 4.78 is 4.47. The number of carbonyl (C=O) groups is 1. The lowest BCUT2D eigenvalue weighted by atomic mass is 10.2. The molecule has 0 rings (SSSR count). The van der Waals surface area contributed by atoms with E-state index in [-0.39, 0.29) is 12.1 Å². The van der Waals surface area contributed by atoms with Gasteiger partial charge in [0.15, 0.2) is 8.25 Å². The van der Waals surface area contributed by atoms with Crippen molar-refractivity contribution in [3.63, 3.8) is 0 Å². The Bertz CT molecular complexity index is 214. The molecular weight excluding hydrogens is 368 g/mol. The highest BCUT2D eigenvalue weighted by Crippen LogP contribution is 2.39. The summed E-state index contributed by atoms with van der Waals surface area (Å²) in [5, 5.41) is 0. The molecule has 0 aromatic rings. The fourth-order valence-corrected chi connectivity index (χ4v) is 1.35. The van der Waals surface area contributed by atoms with Gasteiger partial charge in [-0.2, -0.15) is 0 Å². The summed E-state index contributed by atoms with van der Waals surface area (Å²) in [7, 11) is 0. The molecule has 0 saturated carbocycles. The van der Waals surface area contributed by atoms with Crippen LogP contribution in [0.25, 0.3) is 0 Å². The molecule has 0 N–H and O–H groups in total. The van der Waals surface area contributed by atoms with Crippen molar-refractivity contribution in [2.45, 2.75) is 29.0 Å². The third kappa shape index (κ3) is 6.69. The van der Waals surface area contributed by atoms with Crippen molar-refractivity contribution in [1.29, 1.82) is 0 Å². The van der Waals surface area contributed by atoms with Gasteiger partial charge in [-0.25, -0.2) is 0 Å². The lowest BCUT2D eigenvalue weighted by molar-refractivity contribution is -0.143. The molecule has 0 aliphatic carbocycles. The summed E-state index contributed by atoms with van der Waals surface area (Å²) in [4.78, 5) is 10.8. The van der Waals surface area contributed by atoms with Gasteiger partial charge in [-0.1, -0.05) is 53.4 Å². The molecule has 0 radical (unpaired) electrons. The third-order valence-electron chi connectivity index (χ3n) is 1.10. The van der Waals surface area contributed by atoms with Crippen LogP contribution in [0.3, 0.4) is 0 Å². The van der Waals surface area contributed by atoms with E-state index in [4.69, 9.17) is 4.74 Å². The summed E-state index contributed by atoms with van der Waals surface area (Å²) in [6, 6.07) is 0. The minimum absolute atomic E-state index is 0.315. The lowest BCUT2D eigenvalue weighted by Crippen LogP contribution is -2.27. The first-order chi connectivity index (χ1) is 5.73. The molecule has 1 atom stereocenters. The predicted molar refractivity (Wildman–Crippen MR) is 64.5 cm³/mol. The Morgan fingerprint density at radius 1 is 1.31 bits per heavy atom. The zero-order valence-corrected chi connectivity index (χ0v) is 12.4. The van der Waals surface area contributed by atoms with Crippen molar-refractivity contribution in [2.24, 2.45) is 0 Å². The van der Waals surface area contributed by atoms with Crippen LogP contribution >= 0.6 is 47.8 Å². The standard InChI is InChI=1S/C8H11Br3O2/c1-5(2)4-7(8(9,10)11)13-6(3)12/h4,7H,1-3H3. The minimum atomic E-state index is -0.601. The highest BCUT2D eigenvalue weighted by atomic mass is 80.0. The highest BCUT2D eigenvalue weighted by molar-refractivity contribution is 9.39. The number of hydrogen-bond donors (Lipinski definition) is 0. The Balaban J connectivity index is 4.57. The van der Waals surface area contributed by atoms with E-state index < -0.39 is 2.14 Å². The largest absolute Gasteiger partial charge is 0.455 e. The van der Waals surface area contributed by atoms with Crippen LogP contribution in [0.2, 0.25) is 0 Å². The van der Waals surface area contributed by atoms with Crippen LogP contribution in [0.1, 0.15) is 20.8 Å². The molecule has 0 aliphatic heterocycles. The van der Waals surface area contributed by atoms with E-state index in [0.29, 0.717) is 0 Å². The molecule has 1 unspecified atom stereocenters.